The van der Waals surface area contributed by atoms with Gasteiger partial charge in [0.15, 0.2) is 0 Å². The Labute approximate surface area is 184 Å². The van der Waals surface area contributed by atoms with Gasteiger partial charge in [0, 0.05) is 18.7 Å². The summed E-state index contributed by atoms with van der Waals surface area (Å²) < 4.78 is 54.5. The molecular weight excluding hydrogens is 434 g/mol. The van der Waals surface area contributed by atoms with Crippen molar-refractivity contribution in [2.45, 2.75) is 24.9 Å². The summed E-state index contributed by atoms with van der Waals surface area (Å²) in [5.74, 6) is -1.00. The molecule has 164 valence electrons. The number of aromatic amines is 1. The van der Waals surface area contributed by atoms with Crippen molar-refractivity contribution in [3.63, 3.8) is 0 Å². The van der Waals surface area contributed by atoms with Crippen LogP contribution in [0.4, 0.5) is 8.78 Å². The summed E-state index contributed by atoms with van der Waals surface area (Å²) in [5.41, 5.74) is 1.99. The Balaban J connectivity index is 1.78. The number of halogens is 2. The number of H-pyrrole nitrogens is 1. The Hall–Kier alpha value is -3.36. The molecule has 1 aromatic heterocycles. The van der Waals surface area contributed by atoms with E-state index in [1.54, 1.807) is 6.07 Å². The number of para-hydroxylation sites is 1. The van der Waals surface area contributed by atoms with Gasteiger partial charge in [0.1, 0.15) is 11.6 Å². The Bertz CT molecular complexity index is 1430. The van der Waals surface area contributed by atoms with Crippen molar-refractivity contribution >= 4 is 20.9 Å². The predicted molar refractivity (Wildman–Crippen MR) is 119 cm³/mol. The molecule has 3 aromatic carbocycles. The number of pyridine rings is 1. The largest absolute Gasteiger partial charge is 0.321 e. The van der Waals surface area contributed by atoms with E-state index in [0.29, 0.717) is 11.1 Å². The maximum absolute atomic E-state index is 13.4. The summed E-state index contributed by atoms with van der Waals surface area (Å²) in [4.78, 5) is 15.5. The molecule has 0 bridgehead atoms. The zero-order valence-electron chi connectivity index (χ0n) is 17.2. The highest BCUT2D eigenvalue weighted by Crippen LogP contribution is 2.22. The first-order chi connectivity index (χ1) is 15.2. The highest BCUT2D eigenvalue weighted by atomic mass is 32.2. The molecule has 0 radical (unpaired) electrons. The maximum atomic E-state index is 13.4. The van der Waals surface area contributed by atoms with Crippen molar-refractivity contribution in [1.29, 1.82) is 0 Å². The molecule has 1 N–H and O–H groups in total. The molecule has 0 aliphatic heterocycles. The molecule has 0 aliphatic rings. The van der Waals surface area contributed by atoms with Gasteiger partial charge in [-0.05, 0) is 65.9 Å². The quantitative estimate of drug-likeness (QED) is 0.466. The highest BCUT2D eigenvalue weighted by molar-refractivity contribution is 7.89. The summed E-state index contributed by atoms with van der Waals surface area (Å²) in [7, 11) is -4.08. The van der Waals surface area contributed by atoms with Crippen molar-refractivity contribution in [2.75, 3.05) is 0 Å². The number of nitrogens with one attached hydrogen (secondary N) is 1. The standard InChI is InChI=1S/C24H20F2N2O3S/c1-16-3-2-4-18-13-19(24(29)27-23(16)18)15-28(14-17-5-7-20(25)8-6-17)32(30,31)22-11-9-21(26)10-12-22/h2-13H,14-15H2,1H3,(H,27,29). The van der Waals surface area contributed by atoms with Crippen LogP contribution in [0.15, 0.2) is 82.5 Å². The first kappa shape index (κ1) is 21.9. The van der Waals surface area contributed by atoms with Crippen molar-refractivity contribution < 1.29 is 17.2 Å². The van der Waals surface area contributed by atoms with Gasteiger partial charge in [-0.25, -0.2) is 17.2 Å². The first-order valence-electron chi connectivity index (χ1n) is 9.86. The monoisotopic (exact) mass is 454 g/mol. The Kier molecular flexibility index (Phi) is 5.90. The van der Waals surface area contributed by atoms with Crippen molar-refractivity contribution in [2.24, 2.45) is 0 Å². The van der Waals surface area contributed by atoms with Crippen LogP contribution < -0.4 is 5.56 Å². The lowest BCUT2D eigenvalue weighted by Gasteiger charge is -2.22. The summed E-state index contributed by atoms with van der Waals surface area (Å²) in [6.45, 7) is 1.57. The number of fused-ring (bicyclic) bond motifs is 1. The fourth-order valence-corrected chi connectivity index (χ4v) is 4.92. The van der Waals surface area contributed by atoms with Crippen LogP contribution in [0.5, 0.6) is 0 Å². The molecule has 0 atom stereocenters. The van der Waals surface area contributed by atoms with E-state index in [0.717, 1.165) is 27.4 Å². The van der Waals surface area contributed by atoms with Gasteiger partial charge in [-0.1, -0.05) is 30.3 Å². The predicted octanol–water partition coefficient (Wildman–Crippen LogP) is 4.51. The smallest absolute Gasteiger partial charge is 0.252 e. The molecule has 4 aromatic rings. The van der Waals surface area contributed by atoms with E-state index in [9.17, 15) is 22.0 Å². The molecule has 0 amide bonds. The number of aromatic nitrogens is 1. The van der Waals surface area contributed by atoms with Gasteiger partial charge in [0.2, 0.25) is 10.0 Å². The second kappa shape index (κ2) is 8.64. The minimum atomic E-state index is -4.08. The SMILES string of the molecule is Cc1cccc2cc(CN(Cc3ccc(F)cc3)S(=O)(=O)c3ccc(F)cc3)c(=O)[nH]c12. The van der Waals surface area contributed by atoms with Gasteiger partial charge >= 0.3 is 0 Å². The molecule has 0 unspecified atom stereocenters. The van der Waals surface area contributed by atoms with Crippen molar-refractivity contribution in [3.05, 3.63) is 111 Å². The van der Waals surface area contributed by atoms with Gasteiger partial charge in [0.25, 0.3) is 5.56 Å². The maximum Gasteiger partial charge on any atom is 0.252 e. The number of hydrogen-bond donors (Lipinski definition) is 1. The first-order valence-corrected chi connectivity index (χ1v) is 11.3. The van der Waals surface area contributed by atoms with Crippen LogP contribution in [-0.2, 0) is 23.1 Å². The van der Waals surface area contributed by atoms with Gasteiger partial charge in [0.05, 0.1) is 10.4 Å². The normalized spacial score (nSPS) is 11.9. The second-order valence-corrected chi connectivity index (χ2v) is 9.45. The number of sulfonamides is 1. The fraction of sp³-hybridized carbons (Fsp3) is 0.125. The lowest BCUT2D eigenvalue weighted by atomic mass is 10.1. The average molecular weight is 454 g/mol. The van der Waals surface area contributed by atoms with Crippen LogP contribution in [0.3, 0.4) is 0 Å². The molecular formula is C24H20F2N2O3S. The van der Waals surface area contributed by atoms with E-state index >= 15 is 0 Å². The topological polar surface area (TPSA) is 70.2 Å². The number of rotatable bonds is 6. The van der Waals surface area contributed by atoms with E-state index in [1.807, 2.05) is 25.1 Å². The third kappa shape index (κ3) is 4.46. The number of benzene rings is 3. The average Bonchev–Trinajstić information content (AvgIpc) is 2.76. The minimum Gasteiger partial charge on any atom is -0.321 e. The fourth-order valence-electron chi connectivity index (χ4n) is 3.51. The highest BCUT2D eigenvalue weighted by Gasteiger charge is 2.26. The van der Waals surface area contributed by atoms with Crippen molar-refractivity contribution in [3.8, 4) is 0 Å². The van der Waals surface area contributed by atoms with E-state index in [-0.39, 0.29) is 23.5 Å². The summed E-state index contributed by atoms with van der Waals surface area (Å²) in [6.07, 6.45) is 0. The molecule has 4 rings (SSSR count). The third-order valence-corrected chi connectivity index (χ3v) is 7.04. The van der Waals surface area contributed by atoms with E-state index in [1.165, 1.54) is 36.4 Å². The molecule has 0 fully saturated rings. The molecule has 1 heterocycles. The van der Waals surface area contributed by atoms with Crippen LogP contribution in [0, 0.1) is 18.6 Å². The van der Waals surface area contributed by atoms with Gasteiger partial charge in [-0.2, -0.15) is 4.31 Å². The number of nitrogens with zero attached hydrogens (tertiary/aromatic N) is 1. The lowest BCUT2D eigenvalue weighted by Crippen LogP contribution is -2.32. The zero-order chi connectivity index (χ0) is 22.9. The summed E-state index contributed by atoms with van der Waals surface area (Å²) in [5, 5.41) is 0.778. The molecule has 0 saturated heterocycles. The number of hydrogen-bond acceptors (Lipinski definition) is 3. The number of aryl methyl sites for hydroxylation is 1. The lowest BCUT2D eigenvalue weighted by molar-refractivity contribution is 0.399. The Morgan fingerprint density at radius 3 is 2.16 bits per heavy atom. The van der Waals surface area contributed by atoms with Crippen LogP contribution >= 0.6 is 0 Å². The van der Waals surface area contributed by atoms with E-state index < -0.39 is 27.2 Å². The van der Waals surface area contributed by atoms with Crippen LogP contribution in [0.2, 0.25) is 0 Å². The van der Waals surface area contributed by atoms with Crippen molar-refractivity contribution in [1.82, 2.24) is 9.29 Å². The Morgan fingerprint density at radius 1 is 0.875 bits per heavy atom. The zero-order valence-corrected chi connectivity index (χ0v) is 18.0. The van der Waals surface area contributed by atoms with Crippen LogP contribution in [-0.4, -0.2) is 17.7 Å². The van der Waals surface area contributed by atoms with Crippen LogP contribution in [0.1, 0.15) is 16.7 Å². The minimum absolute atomic E-state index is 0.0920. The Morgan fingerprint density at radius 2 is 1.50 bits per heavy atom. The van der Waals surface area contributed by atoms with Gasteiger partial charge in [-0.3, -0.25) is 4.79 Å². The summed E-state index contributed by atoms with van der Waals surface area (Å²) >= 11 is 0. The molecule has 32 heavy (non-hydrogen) atoms. The second-order valence-electron chi connectivity index (χ2n) is 7.52. The van der Waals surface area contributed by atoms with E-state index in [2.05, 4.69) is 4.98 Å². The molecule has 0 saturated carbocycles. The molecule has 0 aliphatic carbocycles. The van der Waals surface area contributed by atoms with E-state index in [4.69, 9.17) is 0 Å². The van der Waals surface area contributed by atoms with Gasteiger partial charge in [-0.15, -0.1) is 0 Å². The van der Waals surface area contributed by atoms with Crippen LogP contribution in [0.25, 0.3) is 10.9 Å². The van der Waals surface area contributed by atoms with Gasteiger partial charge < -0.3 is 4.98 Å². The third-order valence-electron chi connectivity index (χ3n) is 5.24. The molecule has 8 heteroatoms. The molecule has 0 spiro atoms. The molecule has 5 nitrogen and oxygen atoms in total. The summed E-state index contributed by atoms with van der Waals surface area (Å²) in [6, 6.07) is 17.2.